The number of methoxy groups -OCH3 is 1. The van der Waals surface area contributed by atoms with Crippen LogP contribution < -0.4 is 10.1 Å². The third kappa shape index (κ3) is 3.42. The standard InChI is InChI=1S/C16H19NO3/c1-11(13-4-3-5-14(9-13)20-2)17-10-12-6-7-15(18)16(19)8-12/h3-9,11,17-19H,10H2,1-2H3/t11-/m0/s1. The van der Waals surface area contributed by atoms with E-state index in [4.69, 9.17) is 4.74 Å². The molecule has 106 valence electrons. The first kappa shape index (κ1) is 14.2. The van der Waals surface area contributed by atoms with E-state index < -0.39 is 0 Å². The molecule has 0 aliphatic heterocycles. The molecule has 4 heteroatoms. The van der Waals surface area contributed by atoms with Crippen LogP contribution in [0.2, 0.25) is 0 Å². The number of hydrogen-bond acceptors (Lipinski definition) is 4. The Kier molecular flexibility index (Phi) is 4.48. The summed E-state index contributed by atoms with van der Waals surface area (Å²) in [6.45, 7) is 2.67. The Hall–Kier alpha value is -2.20. The largest absolute Gasteiger partial charge is 0.504 e. The summed E-state index contributed by atoms with van der Waals surface area (Å²) in [6, 6.07) is 12.9. The highest BCUT2D eigenvalue weighted by Gasteiger charge is 2.07. The van der Waals surface area contributed by atoms with Gasteiger partial charge in [0, 0.05) is 12.6 Å². The van der Waals surface area contributed by atoms with Gasteiger partial charge in [0.1, 0.15) is 5.75 Å². The number of aromatic hydroxyl groups is 2. The van der Waals surface area contributed by atoms with Gasteiger partial charge < -0.3 is 20.3 Å². The highest BCUT2D eigenvalue weighted by atomic mass is 16.5. The molecule has 3 N–H and O–H groups in total. The van der Waals surface area contributed by atoms with Gasteiger partial charge in [0.2, 0.25) is 0 Å². The van der Waals surface area contributed by atoms with E-state index in [2.05, 4.69) is 12.2 Å². The Morgan fingerprint density at radius 2 is 1.90 bits per heavy atom. The van der Waals surface area contributed by atoms with Crippen LogP contribution in [-0.2, 0) is 6.54 Å². The number of benzene rings is 2. The van der Waals surface area contributed by atoms with Crippen LogP contribution in [0, 0.1) is 0 Å². The molecule has 0 aliphatic rings. The molecule has 2 aromatic carbocycles. The predicted molar refractivity (Wildman–Crippen MR) is 78.0 cm³/mol. The molecule has 0 radical (unpaired) electrons. The van der Waals surface area contributed by atoms with Crippen LogP contribution in [-0.4, -0.2) is 17.3 Å². The maximum atomic E-state index is 9.46. The van der Waals surface area contributed by atoms with Gasteiger partial charge in [-0.05, 0) is 42.3 Å². The summed E-state index contributed by atoms with van der Waals surface area (Å²) >= 11 is 0. The number of ether oxygens (including phenoxy) is 1. The summed E-state index contributed by atoms with van der Waals surface area (Å²) in [5.74, 6) is 0.631. The van der Waals surface area contributed by atoms with Crippen LogP contribution in [0.5, 0.6) is 17.2 Å². The molecule has 4 nitrogen and oxygen atoms in total. The Bertz CT molecular complexity index is 584. The summed E-state index contributed by atoms with van der Waals surface area (Å²) in [5, 5.41) is 22.1. The van der Waals surface area contributed by atoms with Crippen LogP contribution in [0.3, 0.4) is 0 Å². The Balaban J connectivity index is 2.00. The summed E-state index contributed by atoms with van der Waals surface area (Å²) < 4.78 is 5.21. The van der Waals surface area contributed by atoms with Gasteiger partial charge in [-0.3, -0.25) is 0 Å². The molecule has 0 amide bonds. The molecule has 0 fully saturated rings. The second-order valence-corrected chi connectivity index (χ2v) is 4.70. The zero-order valence-corrected chi connectivity index (χ0v) is 11.6. The zero-order chi connectivity index (χ0) is 14.5. The Morgan fingerprint density at radius 1 is 1.10 bits per heavy atom. The lowest BCUT2D eigenvalue weighted by Crippen LogP contribution is -2.18. The van der Waals surface area contributed by atoms with Crippen molar-refractivity contribution in [1.82, 2.24) is 5.32 Å². The van der Waals surface area contributed by atoms with E-state index in [1.165, 1.54) is 6.07 Å². The quantitative estimate of drug-likeness (QED) is 0.733. The third-order valence-electron chi connectivity index (χ3n) is 3.25. The average molecular weight is 273 g/mol. The van der Waals surface area contributed by atoms with E-state index in [-0.39, 0.29) is 17.5 Å². The molecule has 2 aromatic rings. The minimum atomic E-state index is -0.102. The van der Waals surface area contributed by atoms with Crippen LogP contribution in [0.25, 0.3) is 0 Å². The highest BCUT2D eigenvalue weighted by molar-refractivity contribution is 5.40. The summed E-state index contributed by atoms with van der Waals surface area (Å²) in [4.78, 5) is 0. The highest BCUT2D eigenvalue weighted by Crippen LogP contribution is 2.25. The predicted octanol–water partition coefficient (Wildman–Crippen LogP) is 2.96. The smallest absolute Gasteiger partial charge is 0.157 e. The van der Waals surface area contributed by atoms with Crippen molar-refractivity contribution < 1.29 is 14.9 Å². The van der Waals surface area contributed by atoms with E-state index in [1.54, 1.807) is 19.2 Å². The van der Waals surface area contributed by atoms with Crippen molar-refractivity contribution in [2.24, 2.45) is 0 Å². The zero-order valence-electron chi connectivity index (χ0n) is 11.6. The second-order valence-electron chi connectivity index (χ2n) is 4.70. The van der Waals surface area contributed by atoms with Crippen LogP contribution in [0.4, 0.5) is 0 Å². The van der Waals surface area contributed by atoms with Gasteiger partial charge in [-0.2, -0.15) is 0 Å². The molecule has 0 aliphatic carbocycles. The first-order valence-electron chi connectivity index (χ1n) is 6.48. The third-order valence-corrected chi connectivity index (χ3v) is 3.25. The van der Waals surface area contributed by atoms with Crippen LogP contribution >= 0.6 is 0 Å². The van der Waals surface area contributed by atoms with Crippen LogP contribution in [0.15, 0.2) is 42.5 Å². The molecule has 0 unspecified atom stereocenters. The van der Waals surface area contributed by atoms with Gasteiger partial charge in [0.15, 0.2) is 11.5 Å². The number of nitrogens with one attached hydrogen (secondary N) is 1. The molecule has 0 spiro atoms. The van der Waals surface area contributed by atoms with Crippen molar-refractivity contribution in [2.75, 3.05) is 7.11 Å². The molecule has 1 atom stereocenters. The van der Waals surface area contributed by atoms with Gasteiger partial charge >= 0.3 is 0 Å². The van der Waals surface area contributed by atoms with Crippen molar-refractivity contribution in [3.63, 3.8) is 0 Å². The molecule has 0 saturated heterocycles. The SMILES string of the molecule is COc1cccc([C@H](C)NCc2ccc(O)c(O)c2)c1. The second kappa shape index (κ2) is 6.30. The lowest BCUT2D eigenvalue weighted by Gasteiger charge is -2.15. The minimum absolute atomic E-state index is 0.0988. The summed E-state index contributed by atoms with van der Waals surface area (Å²) in [5.41, 5.74) is 2.04. The summed E-state index contributed by atoms with van der Waals surface area (Å²) in [7, 11) is 1.65. The average Bonchev–Trinajstić information content (AvgIpc) is 2.48. The number of rotatable bonds is 5. The topological polar surface area (TPSA) is 61.7 Å². The molecule has 20 heavy (non-hydrogen) atoms. The van der Waals surface area contributed by atoms with Crippen molar-refractivity contribution in [3.05, 3.63) is 53.6 Å². The first-order chi connectivity index (χ1) is 9.60. The summed E-state index contributed by atoms with van der Waals surface area (Å²) in [6.07, 6.45) is 0. The van der Waals surface area contributed by atoms with E-state index in [1.807, 2.05) is 24.3 Å². The van der Waals surface area contributed by atoms with Gasteiger partial charge in [0.25, 0.3) is 0 Å². The lowest BCUT2D eigenvalue weighted by atomic mass is 10.1. The van der Waals surface area contributed by atoms with E-state index in [9.17, 15) is 10.2 Å². The van der Waals surface area contributed by atoms with Crippen molar-refractivity contribution >= 4 is 0 Å². The molecule has 2 rings (SSSR count). The van der Waals surface area contributed by atoms with Gasteiger partial charge in [-0.1, -0.05) is 18.2 Å². The van der Waals surface area contributed by atoms with Gasteiger partial charge in [-0.15, -0.1) is 0 Å². The van der Waals surface area contributed by atoms with Crippen molar-refractivity contribution in [1.29, 1.82) is 0 Å². The van der Waals surface area contributed by atoms with Gasteiger partial charge in [0.05, 0.1) is 7.11 Å². The fourth-order valence-corrected chi connectivity index (χ4v) is 1.98. The fraction of sp³-hybridized carbons (Fsp3) is 0.250. The van der Waals surface area contributed by atoms with Gasteiger partial charge in [-0.25, -0.2) is 0 Å². The number of phenolic OH excluding ortho intramolecular Hbond substituents is 2. The maximum Gasteiger partial charge on any atom is 0.157 e. The number of hydrogen-bond donors (Lipinski definition) is 3. The molecule has 0 heterocycles. The van der Waals surface area contributed by atoms with Crippen molar-refractivity contribution in [3.8, 4) is 17.2 Å². The van der Waals surface area contributed by atoms with E-state index in [0.29, 0.717) is 6.54 Å². The Morgan fingerprint density at radius 3 is 2.60 bits per heavy atom. The molecule has 0 saturated carbocycles. The maximum absolute atomic E-state index is 9.46. The van der Waals surface area contributed by atoms with E-state index in [0.717, 1.165) is 16.9 Å². The van der Waals surface area contributed by atoms with Crippen LogP contribution in [0.1, 0.15) is 24.1 Å². The Labute approximate surface area is 118 Å². The fourth-order valence-electron chi connectivity index (χ4n) is 1.98. The molecule has 0 bridgehead atoms. The minimum Gasteiger partial charge on any atom is -0.504 e. The molecular formula is C16H19NO3. The van der Waals surface area contributed by atoms with Crippen molar-refractivity contribution in [2.45, 2.75) is 19.5 Å². The normalized spacial score (nSPS) is 12.1. The monoisotopic (exact) mass is 273 g/mol. The number of phenols is 2. The molecule has 0 aromatic heterocycles. The molecular weight excluding hydrogens is 254 g/mol. The first-order valence-corrected chi connectivity index (χ1v) is 6.48. The lowest BCUT2D eigenvalue weighted by molar-refractivity contribution is 0.402. The van der Waals surface area contributed by atoms with E-state index >= 15 is 0 Å².